The Balaban J connectivity index is 1.33. The van der Waals surface area contributed by atoms with Crippen LogP contribution in [0.2, 0.25) is 0 Å². The number of urea groups is 1. The molecule has 6 atom stereocenters. The number of Topliss-reactive ketones (excluding diaryl/α,β-unsaturated/α-hetero) is 1. The summed E-state index contributed by atoms with van der Waals surface area (Å²) in [6.07, 6.45) is 6.50. The van der Waals surface area contributed by atoms with E-state index in [1.165, 1.54) is 0 Å². The molecule has 12 nitrogen and oxygen atoms in total. The standard InChI is InChI=1S/C37H53N5O7/c1-36(2,3)30(34(47)49-20-22-12-8-6-9-13-22)41-35(48)40-27(23-14-10-7-11-15-23)33(46)42-19-24-26(37(24,4)5)28(42)32(45)39-25(18-21-16-17-21)29(43)31(38)44/h6,8-9,12-13,21,23-28,30H,7,10-11,14-20H2,1-5H3,(H2,38,44)(H,39,45)(H2,40,41,48)/t24-,25?,26-,27-,28-,30-/m0/s1. The van der Waals surface area contributed by atoms with Gasteiger partial charge in [0.25, 0.3) is 5.91 Å². The fourth-order valence-corrected chi connectivity index (χ4v) is 7.94. The number of amides is 5. The van der Waals surface area contributed by atoms with Crippen molar-refractivity contribution in [3.63, 3.8) is 0 Å². The summed E-state index contributed by atoms with van der Waals surface area (Å²) in [4.78, 5) is 81.5. The number of ketones is 1. The SMILES string of the molecule is CC(C)(C)[C@@H](NC(=O)N[C@H](C(=O)N1C[C@H]2[C@@H]([C@H]1C(=O)NC(CC1CC1)C(=O)C(N)=O)C2(C)C)C1CCCCC1)C(=O)OCc1ccccc1. The number of likely N-dealkylation sites (tertiary alicyclic amines) is 1. The number of nitrogens with zero attached hydrogens (tertiary/aromatic N) is 1. The van der Waals surface area contributed by atoms with Crippen LogP contribution in [0.5, 0.6) is 0 Å². The van der Waals surface area contributed by atoms with Crippen molar-refractivity contribution in [1.29, 1.82) is 0 Å². The number of nitrogens with two attached hydrogens (primary N) is 1. The van der Waals surface area contributed by atoms with E-state index in [1.807, 2.05) is 51.1 Å². The predicted octanol–water partition coefficient (Wildman–Crippen LogP) is 3.21. The van der Waals surface area contributed by atoms with Crippen molar-refractivity contribution in [2.24, 2.45) is 40.2 Å². The van der Waals surface area contributed by atoms with Crippen molar-refractivity contribution < 1.29 is 33.5 Å². The van der Waals surface area contributed by atoms with E-state index >= 15 is 0 Å². The molecule has 0 spiro atoms. The smallest absolute Gasteiger partial charge is 0.329 e. The van der Waals surface area contributed by atoms with E-state index in [9.17, 15) is 28.8 Å². The Kier molecular flexibility index (Phi) is 10.7. The zero-order valence-electron chi connectivity index (χ0n) is 29.5. The molecule has 49 heavy (non-hydrogen) atoms. The zero-order chi connectivity index (χ0) is 35.7. The van der Waals surface area contributed by atoms with Gasteiger partial charge in [-0.2, -0.15) is 0 Å². The molecule has 1 aliphatic heterocycles. The molecular formula is C37H53N5O7. The summed E-state index contributed by atoms with van der Waals surface area (Å²) in [5.41, 5.74) is 5.26. The number of rotatable bonds is 13. The maximum Gasteiger partial charge on any atom is 0.329 e. The van der Waals surface area contributed by atoms with Gasteiger partial charge in [0.15, 0.2) is 0 Å². The Hall–Kier alpha value is -3.96. The number of fused-ring (bicyclic) bond motifs is 1. The van der Waals surface area contributed by atoms with Crippen molar-refractivity contribution in [2.45, 2.75) is 117 Å². The Morgan fingerprint density at radius 2 is 1.59 bits per heavy atom. The fraction of sp³-hybridized carbons (Fsp3) is 0.676. The molecule has 1 aromatic rings. The van der Waals surface area contributed by atoms with Gasteiger partial charge < -0.3 is 31.3 Å². The lowest BCUT2D eigenvalue weighted by Crippen LogP contribution is -2.61. The molecule has 3 saturated carbocycles. The Labute approximate surface area is 289 Å². The van der Waals surface area contributed by atoms with Gasteiger partial charge >= 0.3 is 12.0 Å². The van der Waals surface area contributed by atoms with Crippen molar-refractivity contribution in [3.05, 3.63) is 35.9 Å². The average molecular weight is 680 g/mol. The molecule has 1 aromatic carbocycles. The summed E-state index contributed by atoms with van der Waals surface area (Å²) in [7, 11) is 0. The molecule has 3 aliphatic carbocycles. The number of piperidine rings is 1. The fourth-order valence-electron chi connectivity index (χ4n) is 7.94. The van der Waals surface area contributed by atoms with E-state index in [4.69, 9.17) is 10.5 Å². The summed E-state index contributed by atoms with van der Waals surface area (Å²) in [5.74, 6) is -3.33. The topological polar surface area (TPSA) is 177 Å². The molecule has 0 aromatic heterocycles. The van der Waals surface area contributed by atoms with Gasteiger partial charge in [0.2, 0.25) is 17.6 Å². The third kappa shape index (κ3) is 8.44. The van der Waals surface area contributed by atoms with Crippen molar-refractivity contribution >= 4 is 35.5 Å². The second kappa shape index (κ2) is 14.5. The minimum Gasteiger partial charge on any atom is -0.459 e. The molecule has 0 bridgehead atoms. The number of carbonyl (C=O) groups is 6. The first-order valence-electron chi connectivity index (χ1n) is 17.8. The second-order valence-corrected chi connectivity index (χ2v) is 16.2. The van der Waals surface area contributed by atoms with E-state index in [1.54, 1.807) is 4.90 Å². The number of nitrogens with one attached hydrogen (secondary N) is 3. The Morgan fingerprint density at radius 3 is 2.18 bits per heavy atom. The highest BCUT2D eigenvalue weighted by Gasteiger charge is 2.69. The minimum absolute atomic E-state index is 0.0579. The molecule has 5 amide bonds. The van der Waals surface area contributed by atoms with Gasteiger partial charge in [-0.25, -0.2) is 9.59 Å². The summed E-state index contributed by atoms with van der Waals surface area (Å²) in [6, 6.07) is 4.79. The number of benzene rings is 1. The van der Waals surface area contributed by atoms with E-state index in [2.05, 4.69) is 29.8 Å². The van der Waals surface area contributed by atoms with Crippen LogP contribution in [0.4, 0.5) is 4.79 Å². The zero-order valence-corrected chi connectivity index (χ0v) is 29.5. The number of esters is 1. The highest BCUT2D eigenvalue weighted by Crippen LogP contribution is 2.65. The van der Waals surface area contributed by atoms with Crippen LogP contribution in [0.3, 0.4) is 0 Å². The lowest BCUT2D eigenvalue weighted by atomic mass is 9.83. The van der Waals surface area contributed by atoms with E-state index in [-0.39, 0.29) is 41.6 Å². The average Bonchev–Trinajstić information content (AvgIpc) is 3.91. The maximum atomic E-state index is 14.5. The molecule has 1 saturated heterocycles. The molecule has 1 unspecified atom stereocenters. The van der Waals surface area contributed by atoms with Gasteiger partial charge in [-0.05, 0) is 59.3 Å². The van der Waals surface area contributed by atoms with Crippen LogP contribution in [-0.2, 0) is 35.3 Å². The summed E-state index contributed by atoms with van der Waals surface area (Å²) >= 11 is 0. The van der Waals surface area contributed by atoms with Crippen LogP contribution in [0, 0.1) is 34.5 Å². The second-order valence-electron chi connectivity index (χ2n) is 16.2. The molecule has 1 heterocycles. The summed E-state index contributed by atoms with van der Waals surface area (Å²) < 4.78 is 5.58. The van der Waals surface area contributed by atoms with Crippen molar-refractivity contribution in [2.75, 3.05) is 6.54 Å². The molecule has 0 radical (unpaired) electrons. The molecule has 5 rings (SSSR count). The van der Waals surface area contributed by atoms with Crippen molar-refractivity contribution in [3.8, 4) is 0 Å². The van der Waals surface area contributed by atoms with Gasteiger partial charge in [0, 0.05) is 6.54 Å². The van der Waals surface area contributed by atoms with Crippen molar-refractivity contribution in [1.82, 2.24) is 20.9 Å². The normalized spacial score (nSPS) is 24.8. The van der Waals surface area contributed by atoms with Gasteiger partial charge in [-0.1, -0.05) is 97.1 Å². The highest BCUT2D eigenvalue weighted by molar-refractivity contribution is 6.37. The minimum atomic E-state index is -1.10. The summed E-state index contributed by atoms with van der Waals surface area (Å²) in [5, 5.41) is 8.50. The molecule has 268 valence electrons. The highest BCUT2D eigenvalue weighted by atomic mass is 16.5. The molecule has 4 fully saturated rings. The third-order valence-electron chi connectivity index (χ3n) is 11.2. The van der Waals surface area contributed by atoms with E-state index in [0.29, 0.717) is 13.0 Å². The van der Waals surface area contributed by atoms with E-state index < -0.39 is 59.2 Å². The first kappa shape index (κ1) is 36.3. The van der Waals surface area contributed by atoms with Crippen LogP contribution in [0.25, 0.3) is 0 Å². The summed E-state index contributed by atoms with van der Waals surface area (Å²) in [6.45, 7) is 10.0. The predicted molar refractivity (Wildman–Crippen MR) is 181 cm³/mol. The molecule has 4 aliphatic rings. The Morgan fingerprint density at radius 1 is 0.939 bits per heavy atom. The third-order valence-corrected chi connectivity index (χ3v) is 11.2. The Bertz CT molecular complexity index is 1430. The number of primary amides is 1. The number of hydrogen-bond donors (Lipinski definition) is 4. The molecular weight excluding hydrogens is 626 g/mol. The molecule has 5 N–H and O–H groups in total. The van der Waals surface area contributed by atoms with Gasteiger partial charge in [0.05, 0.1) is 6.04 Å². The van der Waals surface area contributed by atoms with Gasteiger partial charge in [-0.15, -0.1) is 0 Å². The van der Waals surface area contributed by atoms with Gasteiger partial charge in [-0.3, -0.25) is 19.2 Å². The number of hydrogen-bond acceptors (Lipinski definition) is 7. The first-order valence-corrected chi connectivity index (χ1v) is 17.8. The lowest BCUT2D eigenvalue weighted by Gasteiger charge is -2.37. The van der Waals surface area contributed by atoms with E-state index in [0.717, 1.165) is 50.5 Å². The quantitative estimate of drug-likeness (QED) is 0.183. The van der Waals surface area contributed by atoms with Crippen LogP contribution in [-0.4, -0.2) is 71.1 Å². The van der Waals surface area contributed by atoms with Crippen LogP contribution in [0.1, 0.15) is 91.5 Å². The maximum absolute atomic E-state index is 14.5. The van der Waals surface area contributed by atoms with Crippen LogP contribution < -0.4 is 21.7 Å². The largest absolute Gasteiger partial charge is 0.459 e. The lowest BCUT2D eigenvalue weighted by molar-refractivity contribution is -0.150. The number of ether oxygens (including phenoxy) is 1. The van der Waals surface area contributed by atoms with Crippen LogP contribution in [0.15, 0.2) is 30.3 Å². The van der Waals surface area contributed by atoms with Crippen LogP contribution >= 0.6 is 0 Å². The molecule has 12 heteroatoms. The monoisotopic (exact) mass is 679 g/mol. The van der Waals surface area contributed by atoms with Gasteiger partial charge in [0.1, 0.15) is 24.7 Å². The first-order chi connectivity index (χ1) is 23.1. The number of carbonyl (C=O) groups excluding carboxylic acids is 6.